The summed E-state index contributed by atoms with van der Waals surface area (Å²) in [5, 5.41) is 3.04. The van der Waals surface area contributed by atoms with E-state index in [1.807, 2.05) is 0 Å². The lowest BCUT2D eigenvalue weighted by molar-refractivity contribution is 1.13. The molecule has 0 unspecified atom stereocenters. The zero-order valence-corrected chi connectivity index (χ0v) is 6.17. The first-order valence-electron chi connectivity index (χ1n) is 2.98. The van der Waals surface area contributed by atoms with E-state index < -0.39 is 0 Å². The van der Waals surface area contributed by atoms with Crippen LogP contribution < -0.4 is 5.32 Å². The lowest BCUT2D eigenvalue weighted by Crippen LogP contribution is -2.02. The van der Waals surface area contributed by atoms with E-state index in [0.717, 1.165) is 12.2 Å². The van der Waals surface area contributed by atoms with Crippen molar-refractivity contribution in [3.8, 4) is 0 Å². The van der Waals surface area contributed by atoms with E-state index >= 15 is 0 Å². The molecule has 1 heterocycles. The minimum absolute atomic E-state index is 0.592. The lowest BCUT2D eigenvalue weighted by atomic mass is 10.5. The summed E-state index contributed by atoms with van der Waals surface area (Å²) in [5.41, 5.74) is 0.906. The Morgan fingerprint density at radius 1 is 1.40 bits per heavy atom. The molecule has 0 aliphatic carbocycles. The van der Waals surface area contributed by atoms with Gasteiger partial charge in [-0.15, -0.1) is 11.6 Å². The summed E-state index contributed by atoms with van der Waals surface area (Å²) in [5.74, 6) is 0.592. The molecule has 0 aliphatic rings. The number of nitrogens with zero attached hydrogens (tertiary/aromatic N) is 2. The highest BCUT2D eigenvalue weighted by molar-refractivity contribution is 6.18. The van der Waals surface area contributed by atoms with Gasteiger partial charge in [0, 0.05) is 12.4 Å². The fourth-order valence-electron chi connectivity index (χ4n) is 0.582. The van der Waals surface area contributed by atoms with E-state index in [0.29, 0.717) is 5.88 Å². The fraction of sp³-hybridized carbons (Fsp3) is 0.333. The van der Waals surface area contributed by atoms with Crippen molar-refractivity contribution in [1.82, 2.24) is 9.97 Å². The lowest BCUT2D eigenvalue weighted by Gasteiger charge is -1.99. The third kappa shape index (κ3) is 2.19. The Bertz CT molecular complexity index is 178. The van der Waals surface area contributed by atoms with Crippen LogP contribution in [-0.2, 0) is 0 Å². The summed E-state index contributed by atoms with van der Waals surface area (Å²) in [6, 6.07) is 0. The van der Waals surface area contributed by atoms with E-state index in [9.17, 15) is 0 Å². The number of alkyl halides is 1. The first-order valence-corrected chi connectivity index (χ1v) is 3.52. The van der Waals surface area contributed by atoms with Crippen LogP contribution in [0.3, 0.4) is 0 Å². The number of rotatable bonds is 3. The monoisotopic (exact) mass is 157 g/mol. The molecule has 0 saturated heterocycles. The zero-order valence-electron chi connectivity index (χ0n) is 5.42. The van der Waals surface area contributed by atoms with E-state index in [4.69, 9.17) is 11.6 Å². The predicted octanol–water partition coefficient (Wildman–Crippen LogP) is 1.13. The molecule has 10 heavy (non-hydrogen) atoms. The molecule has 4 heteroatoms. The van der Waals surface area contributed by atoms with Crippen LogP contribution in [0.4, 0.5) is 5.69 Å². The normalized spacial score (nSPS) is 9.30. The van der Waals surface area contributed by atoms with E-state index in [2.05, 4.69) is 15.3 Å². The summed E-state index contributed by atoms with van der Waals surface area (Å²) < 4.78 is 0. The Morgan fingerprint density at radius 3 is 2.70 bits per heavy atom. The Kier molecular flexibility index (Phi) is 2.96. The topological polar surface area (TPSA) is 37.8 Å². The minimum atomic E-state index is 0.592. The van der Waals surface area contributed by atoms with Crippen LogP contribution in [-0.4, -0.2) is 22.4 Å². The van der Waals surface area contributed by atoms with Crippen molar-refractivity contribution >= 4 is 17.3 Å². The van der Waals surface area contributed by atoms with Crippen molar-refractivity contribution in [3.63, 3.8) is 0 Å². The van der Waals surface area contributed by atoms with Crippen LogP contribution in [0.5, 0.6) is 0 Å². The smallest absolute Gasteiger partial charge is 0.115 e. The fourth-order valence-corrected chi connectivity index (χ4v) is 0.676. The van der Waals surface area contributed by atoms with Crippen LogP contribution in [0.25, 0.3) is 0 Å². The Labute approximate surface area is 64.5 Å². The SMILES string of the molecule is ClCCNc1cncnc1. The molecule has 3 nitrogen and oxygen atoms in total. The van der Waals surface area contributed by atoms with Crippen molar-refractivity contribution in [1.29, 1.82) is 0 Å². The van der Waals surface area contributed by atoms with Gasteiger partial charge in [0.25, 0.3) is 0 Å². The average molecular weight is 158 g/mol. The molecule has 0 radical (unpaired) electrons. The van der Waals surface area contributed by atoms with Gasteiger partial charge in [-0.25, -0.2) is 9.97 Å². The second-order valence-corrected chi connectivity index (χ2v) is 2.12. The Morgan fingerprint density at radius 2 is 2.10 bits per heavy atom. The van der Waals surface area contributed by atoms with Crippen molar-refractivity contribution in [2.24, 2.45) is 0 Å². The summed E-state index contributed by atoms with van der Waals surface area (Å²) in [6.45, 7) is 0.745. The van der Waals surface area contributed by atoms with Crippen molar-refractivity contribution in [2.75, 3.05) is 17.7 Å². The first kappa shape index (κ1) is 7.28. The van der Waals surface area contributed by atoms with Crippen LogP contribution in [0.15, 0.2) is 18.7 Å². The Hall–Kier alpha value is -0.830. The van der Waals surface area contributed by atoms with Crippen LogP contribution in [0.2, 0.25) is 0 Å². The third-order valence-corrected chi connectivity index (χ3v) is 1.17. The standard InChI is InChI=1S/C6H8ClN3/c7-1-2-10-6-3-8-5-9-4-6/h3-5,10H,1-2H2. The summed E-state index contributed by atoms with van der Waals surface area (Å²) in [7, 11) is 0. The highest BCUT2D eigenvalue weighted by atomic mass is 35.5. The van der Waals surface area contributed by atoms with E-state index in [-0.39, 0.29) is 0 Å². The molecule has 1 rings (SSSR count). The molecule has 1 aromatic heterocycles. The number of anilines is 1. The molecule has 0 aliphatic heterocycles. The zero-order chi connectivity index (χ0) is 7.23. The number of aromatic nitrogens is 2. The van der Waals surface area contributed by atoms with Crippen molar-refractivity contribution < 1.29 is 0 Å². The maximum atomic E-state index is 5.45. The number of nitrogens with one attached hydrogen (secondary N) is 1. The second-order valence-electron chi connectivity index (χ2n) is 1.74. The molecule has 1 aromatic rings. The molecule has 0 spiro atoms. The molecule has 0 bridgehead atoms. The summed E-state index contributed by atoms with van der Waals surface area (Å²) >= 11 is 5.45. The van der Waals surface area contributed by atoms with Crippen LogP contribution in [0.1, 0.15) is 0 Å². The highest BCUT2D eigenvalue weighted by Gasteiger charge is 1.86. The van der Waals surface area contributed by atoms with Gasteiger partial charge in [-0.1, -0.05) is 0 Å². The molecule has 1 N–H and O–H groups in total. The first-order chi connectivity index (χ1) is 4.93. The highest BCUT2D eigenvalue weighted by Crippen LogP contribution is 1.98. The quantitative estimate of drug-likeness (QED) is 0.669. The third-order valence-electron chi connectivity index (χ3n) is 0.984. The van der Waals surface area contributed by atoms with Gasteiger partial charge < -0.3 is 5.32 Å². The van der Waals surface area contributed by atoms with Gasteiger partial charge in [0.05, 0.1) is 18.1 Å². The number of hydrogen-bond acceptors (Lipinski definition) is 3. The summed E-state index contributed by atoms with van der Waals surface area (Å²) in [4.78, 5) is 7.64. The van der Waals surface area contributed by atoms with Gasteiger partial charge in [0.1, 0.15) is 6.33 Å². The summed E-state index contributed by atoms with van der Waals surface area (Å²) in [6.07, 6.45) is 4.91. The van der Waals surface area contributed by atoms with Crippen molar-refractivity contribution in [3.05, 3.63) is 18.7 Å². The van der Waals surface area contributed by atoms with E-state index in [1.165, 1.54) is 6.33 Å². The van der Waals surface area contributed by atoms with Crippen LogP contribution >= 0.6 is 11.6 Å². The molecule has 54 valence electrons. The number of hydrogen-bond donors (Lipinski definition) is 1. The maximum absolute atomic E-state index is 5.45. The van der Waals surface area contributed by atoms with Gasteiger partial charge >= 0.3 is 0 Å². The van der Waals surface area contributed by atoms with Gasteiger partial charge in [0.2, 0.25) is 0 Å². The van der Waals surface area contributed by atoms with Gasteiger partial charge in [-0.05, 0) is 0 Å². The average Bonchev–Trinajstić information content (AvgIpc) is 2.03. The molecule has 0 amide bonds. The maximum Gasteiger partial charge on any atom is 0.115 e. The Balaban J connectivity index is 2.43. The van der Waals surface area contributed by atoms with Gasteiger partial charge in [-0.3, -0.25) is 0 Å². The van der Waals surface area contributed by atoms with E-state index in [1.54, 1.807) is 12.4 Å². The van der Waals surface area contributed by atoms with Crippen LogP contribution in [0, 0.1) is 0 Å². The van der Waals surface area contributed by atoms with Gasteiger partial charge in [0.15, 0.2) is 0 Å². The minimum Gasteiger partial charge on any atom is -0.381 e. The van der Waals surface area contributed by atoms with Crippen molar-refractivity contribution in [2.45, 2.75) is 0 Å². The molecule has 0 aromatic carbocycles. The molecule has 0 atom stereocenters. The largest absolute Gasteiger partial charge is 0.381 e. The molecular formula is C6H8ClN3. The molecule has 0 saturated carbocycles. The van der Waals surface area contributed by atoms with Gasteiger partial charge in [-0.2, -0.15) is 0 Å². The predicted molar refractivity (Wildman–Crippen MR) is 41.2 cm³/mol. The molecular weight excluding hydrogens is 150 g/mol. The molecule has 0 fully saturated rings. The number of halogens is 1. The second kappa shape index (κ2) is 4.06.